The van der Waals surface area contributed by atoms with E-state index in [1.807, 2.05) is 6.92 Å². The number of phenols is 1. The summed E-state index contributed by atoms with van der Waals surface area (Å²) in [5, 5.41) is 21.2. The molecule has 5 nitrogen and oxygen atoms in total. The van der Waals surface area contributed by atoms with Crippen LogP contribution in [-0.2, 0) is 11.2 Å². The highest BCUT2D eigenvalue weighted by atomic mass is 16.3. The number of carbonyl (C=O) groups is 1. The molecule has 0 aliphatic carbocycles. The highest BCUT2D eigenvalue weighted by Crippen LogP contribution is 2.11. The number of carbonyl (C=O) groups excluding carboxylic acids is 1. The summed E-state index contributed by atoms with van der Waals surface area (Å²) in [4.78, 5) is 11.8. The quantitative estimate of drug-likeness (QED) is 0.604. The van der Waals surface area contributed by atoms with E-state index in [1.54, 1.807) is 31.2 Å². The number of aromatic hydroxyl groups is 1. The molecule has 3 atom stereocenters. The van der Waals surface area contributed by atoms with Crippen LogP contribution < -0.4 is 11.1 Å². The van der Waals surface area contributed by atoms with Crippen LogP contribution in [0.4, 0.5) is 0 Å². The SMILES string of the molecule is CC(O)CC(C)NC(=O)[C@@H](N)Cc1ccc(O)cc1. The van der Waals surface area contributed by atoms with E-state index in [9.17, 15) is 9.90 Å². The number of hydrogen-bond donors (Lipinski definition) is 4. The van der Waals surface area contributed by atoms with Crippen molar-refractivity contribution in [1.82, 2.24) is 5.32 Å². The molecule has 1 aromatic rings. The Morgan fingerprint density at radius 2 is 1.89 bits per heavy atom. The zero-order valence-corrected chi connectivity index (χ0v) is 11.3. The summed E-state index contributed by atoms with van der Waals surface area (Å²) >= 11 is 0. The normalized spacial score (nSPS) is 15.6. The first-order chi connectivity index (χ1) is 8.88. The fraction of sp³-hybridized carbons (Fsp3) is 0.500. The number of benzene rings is 1. The Bertz CT molecular complexity index is 404. The van der Waals surface area contributed by atoms with Gasteiger partial charge in [0, 0.05) is 6.04 Å². The van der Waals surface area contributed by atoms with E-state index in [2.05, 4.69) is 5.32 Å². The average molecular weight is 266 g/mol. The molecule has 0 bridgehead atoms. The van der Waals surface area contributed by atoms with Gasteiger partial charge in [0.15, 0.2) is 0 Å². The van der Waals surface area contributed by atoms with Crippen LogP contribution in [0, 0.1) is 0 Å². The minimum atomic E-state index is -0.638. The van der Waals surface area contributed by atoms with E-state index in [4.69, 9.17) is 10.8 Å². The van der Waals surface area contributed by atoms with Crippen LogP contribution >= 0.6 is 0 Å². The van der Waals surface area contributed by atoms with Gasteiger partial charge < -0.3 is 21.3 Å². The zero-order chi connectivity index (χ0) is 14.4. The molecule has 0 aromatic heterocycles. The lowest BCUT2D eigenvalue weighted by atomic mass is 10.0. The molecule has 1 aromatic carbocycles. The fourth-order valence-corrected chi connectivity index (χ4v) is 1.90. The maximum atomic E-state index is 11.8. The Kier molecular flexibility index (Phi) is 5.79. The van der Waals surface area contributed by atoms with Gasteiger partial charge in [-0.3, -0.25) is 4.79 Å². The third-order valence-corrected chi connectivity index (χ3v) is 2.81. The van der Waals surface area contributed by atoms with E-state index in [1.165, 1.54) is 0 Å². The molecule has 2 unspecified atom stereocenters. The molecule has 0 fully saturated rings. The van der Waals surface area contributed by atoms with Gasteiger partial charge >= 0.3 is 0 Å². The van der Waals surface area contributed by atoms with Crippen LogP contribution in [0.2, 0.25) is 0 Å². The molecule has 0 saturated heterocycles. The Balaban J connectivity index is 2.46. The Morgan fingerprint density at radius 3 is 2.42 bits per heavy atom. The van der Waals surface area contributed by atoms with Crippen LogP contribution in [0.25, 0.3) is 0 Å². The number of nitrogens with two attached hydrogens (primary N) is 1. The van der Waals surface area contributed by atoms with Gasteiger partial charge in [-0.15, -0.1) is 0 Å². The van der Waals surface area contributed by atoms with E-state index in [0.29, 0.717) is 12.8 Å². The van der Waals surface area contributed by atoms with E-state index < -0.39 is 12.1 Å². The van der Waals surface area contributed by atoms with Gasteiger partial charge in [0.05, 0.1) is 12.1 Å². The van der Waals surface area contributed by atoms with Gasteiger partial charge in [-0.1, -0.05) is 12.1 Å². The van der Waals surface area contributed by atoms with Gasteiger partial charge in [0.2, 0.25) is 5.91 Å². The molecule has 0 radical (unpaired) electrons. The first kappa shape index (κ1) is 15.5. The summed E-state index contributed by atoms with van der Waals surface area (Å²) in [5.41, 5.74) is 6.72. The lowest BCUT2D eigenvalue weighted by Gasteiger charge is -2.18. The molecule has 106 valence electrons. The van der Waals surface area contributed by atoms with Crippen LogP contribution in [0.1, 0.15) is 25.8 Å². The predicted octanol–water partition coefficient (Wildman–Crippen LogP) is 0.538. The smallest absolute Gasteiger partial charge is 0.237 e. The third kappa shape index (κ3) is 5.72. The summed E-state index contributed by atoms with van der Waals surface area (Å²) in [7, 11) is 0. The molecule has 0 aliphatic heterocycles. The number of rotatable bonds is 6. The lowest BCUT2D eigenvalue weighted by Crippen LogP contribution is -2.46. The highest BCUT2D eigenvalue weighted by Gasteiger charge is 2.17. The number of hydrogen-bond acceptors (Lipinski definition) is 4. The standard InChI is InChI=1S/C14H22N2O3/c1-9(7-10(2)17)16-14(19)13(15)8-11-3-5-12(18)6-4-11/h3-6,9-10,13,17-18H,7-8,15H2,1-2H3,(H,16,19)/t9?,10?,13-/m0/s1. The van der Waals surface area contributed by atoms with Crippen molar-refractivity contribution >= 4 is 5.91 Å². The summed E-state index contributed by atoms with van der Waals surface area (Å²) < 4.78 is 0. The molecule has 0 aliphatic rings. The highest BCUT2D eigenvalue weighted by molar-refractivity contribution is 5.82. The van der Waals surface area contributed by atoms with Gasteiger partial charge in [-0.05, 0) is 44.4 Å². The van der Waals surface area contributed by atoms with Crippen molar-refractivity contribution in [2.24, 2.45) is 5.73 Å². The molecule has 0 saturated carbocycles. The number of nitrogens with one attached hydrogen (secondary N) is 1. The third-order valence-electron chi connectivity index (χ3n) is 2.81. The zero-order valence-electron chi connectivity index (χ0n) is 11.3. The van der Waals surface area contributed by atoms with Crippen LogP contribution in [-0.4, -0.2) is 34.3 Å². The molecule has 5 heteroatoms. The summed E-state index contributed by atoms with van der Waals surface area (Å²) in [6, 6.07) is 5.86. The number of amides is 1. The van der Waals surface area contributed by atoms with E-state index in [0.717, 1.165) is 5.56 Å². The first-order valence-corrected chi connectivity index (χ1v) is 6.40. The van der Waals surface area contributed by atoms with E-state index >= 15 is 0 Å². The lowest BCUT2D eigenvalue weighted by molar-refractivity contribution is -0.123. The fourth-order valence-electron chi connectivity index (χ4n) is 1.90. The van der Waals surface area contributed by atoms with Gasteiger partial charge in [0.1, 0.15) is 5.75 Å². The number of aliphatic hydroxyl groups is 1. The Morgan fingerprint density at radius 1 is 1.32 bits per heavy atom. The van der Waals surface area contributed by atoms with Crippen molar-refractivity contribution < 1.29 is 15.0 Å². The second-order valence-corrected chi connectivity index (χ2v) is 4.97. The molecule has 0 heterocycles. The van der Waals surface area contributed by atoms with Crippen molar-refractivity contribution in [2.75, 3.05) is 0 Å². The summed E-state index contributed by atoms with van der Waals surface area (Å²) in [6.45, 7) is 3.51. The largest absolute Gasteiger partial charge is 0.508 e. The molecule has 1 rings (SSSR count). The van der Waals surface area contributed by atoms with Gasteiger partial charge in [-0.2, -0.15) is 0 Å². The minimum absolute atomic E-state index is 0.113. The minimum Gasteiger partial charge on any atom is -0.508 e. The van der Waals surface area contributed by atoms with Gasteiger partial charge in [0.25, 0.3) is 0 Å². The van der Waals surface area contributed by atoms with Crippen molar-refractivity contribution in [1.29, 1.82) is 0 Å². The molecular formula is C14H22N2O3. The Labute approximate surface area is 113 Å². The predicted molar refractivity (Wildman–Crippen MR) is 73.7 cm³/mol. The second kappa shape index (κ2) is 7.11. The summed E-state index contributed by atoms with van der Waals surface area (Å²) in [6.07, 6.45) is 0.453. The van der Waals surface area contributed by atoms with Crippen LogP contribution in [0.3, 0.4) is 0 Å². The topological polar surface area (TPSA) is 95.6 Å². The number of aliphatic hydroxyl groups excluding tert-OH is 1. The molecule has 5 N–H and O–H groups in total. The maximum Gasteiger partial charge on any atom is 0.237 e. The molecule has 19 heavy (non-hydrogen) atoms. The van der Waals surface area contributed by atoms with E-state index in [-0.39, 0.29) is 17.7 Å². The summed E-state index contributed by atoms with van der Waals surface area (Å²) in [5.74, 6) is -0.0476. The molecule has 1 amide bonds. The van der Waals surface area contributed by atoms with Crippen molar-refractivity contribution in [2.45, 2.75) is 44.9 Å². The maximum absolute atomic E-state index is 11.8. The second-order valence-electron chi connectivity index (χ2n) is 4.97. The number of phenolic OH excluding ortho intramolecular Hbond substituents is 1. The van der Waals surface area contributed by atoms with Crippen LogP contribution in [0.5, 0.6) is 5.75 Å². The molecular weight excluding hydrogens is 244 g/mol. The van der Waals surface area contributed by atoms with Gasteiger partial charge in [-0.25, -0.2) is 0 Å². The average Bonchev–Trinajstić information content (AvgIpc) is 2.30. The van der Waals surface area contributed by atoms with Crippen LogP contribution in [0.15, 0.2) is 24.3 Å². The monoisotopic (exact) mass is 266 g/mol. The Hall–Kier alpha value is -1.59. The first-order valence-electron chi connectivity index (χ1n) is 6.40. The van der Waals surface area contributed by atoms with Crippen molar-refractivity contribution in [3.8, 4) is 5.75 Å². The van der Waals surface area contributed by atoms with Crippen molar-refractivity contribution in [3.63, 3.8) is 0 Å². The molecule has 0 spiro atoms. The van der Waals surface area contributed by atoms with Crippen molar-refractivity contribution in [3.05, 3.63) is 29.8 Å².